The molecule has 0 spiro atoms. The molecule has 0 aromatic heterocycles. The molecule has 0 aliphatic carbocycles. The number of rotatable bonds is 4. The summed E-state index contributed by atoms with van der Waals surface area (Å²) in [6.45, 7) is 3.69. The van der Waals surface area contributed by atoms with Gasteiger partial charge in [-0.15, -0.1) is 0 Å². The second-order valence-electron chi connectivity index (χ2n) is 4.76. The van der Waals surface area contributed by atoms with Crippen LogP contribution in [0, 0.1) is 19.7 Å². The Labute approximate surface area is 127 Å². The Morgan fingerprint density at radius 3 is 2.57 bits per heavy atom. The van der Waals surface area contributed by atoms with Crippen LogP contribution < -0.4 is 10.1 Å². The molecule has 2 aromatic rings. The van der Waals surface area contributed by atoms with E-state index in [0.29, 0.717) is 5.75 Å². The molecule has 3 nitrogen and oxygen atoms in total. The fourth-order valence-corrected chi connectivity index (χ4v) is 2.13. The molecule has 0 heterocycles. The van der Waals surface area contributed by atoms with Crippen molar-refractivity contribution in [3.05, 3.63) is 58.4 Å². The fraction of sp³-hybridized carbons (Fsp3) is 0.188. The lowest BCUT2D eigenvalue weighted by atomic mass is 10.1. The predicted molar refractivity (Wildman–Crippen MR) is 81.5 cm³/mol. The zero-order valence-corrected chi connectivity index (χ0v) is 12.5. The van der Waals surface area contributed by atoms with Crippen LogP contribution in [0.25, 0.3) is 0 Å². The number of aryl methyl sites for hydroxylation is 2. The number of hydrogen-bond acceptors (Lipinski definition) is 2. The van der Waals surface area contributed by atoms with E-state index in [1.165, 1.54) is 12.1 Å². The van der Waals surface area contributed by atoms with Gasteiger partial charge in [0.25, 0.3) is 5.91 Å². The molecule has 0 bridgehead atoms. The summed E-state index contributed by atoms with van der Waals surface area (Å²) in [6.07, 6.45) is 0. The minimum Gasteiger partial charge on any atom is -0.484 e. The van der Waals surface area contributed by atoms with E-state index in [-0.39, 0.29) is 17.3 Å². The van der Waals surface area contributed by atoms with Gasteiger partial charge < -0.3 is 10.1 Å². The SMILES string of the molecule is Cc1cc(C)cc(OCC(=O)Nc2cccc(Cl)c2F)c1. The van der Waals surface area contributed by atoms with Crippen molar-refractivity contribution in [2.75, 3.05) is 11.9 Å². The van der Waals surface area contributed by atoms with Gasteiger partial charge in [0.1, 0.15) is 5.75 Å². The Morgan fingerprint density at radius 2 is 1.90 bits per heavy atom. The van der Waals surface area contributed by atoms with Gasteiger partial charge in [-0.2, -0.15) is 0 Å². The largest absolute Gasteiger partial charge is 0.484 e. The lowest BCUT2D eigenvalue weighted by molar-refractivity contribution is -0.118. The van der Waals surface area contributed by atoms with Gasteiger partial charge in [-0.25, -0.2) is 4.39 Å². The average molecular weight is 308 g/mol. The van der Waals surface area contributed by atoms with Crippen molar-refractivity contribution >= 4 is 23.2 Å². The standard InChI is InChI=1S/C16H15ClFNO2/c1-10-6-11(2)8-12(7-10)21-9-15(20)19-14-5-3-4-13(17)16(14)18/h3-8H,9H2,1-2H3,(H,19,20). The highest BCUT2D eigenvalue weighted by atomic mass is 35.5. The topological polar surface area (TPSA) is 38.3 Å². The van der Waals surface area contributed by atoms with Crippen molar-refractivity contribution in [3.8, 4) is 5.75 Å². The van der Waals surface area contributed by atoms with Gasteiger partial charge in [0.15, 0.2) is 12.4 Å². The molecule has 0 aliphatic rings. The van der Waals surface area contributed by atoms with Crippen molar-refractivity contribution in [2.45, 2.75) is 13.8 Å². The van der Waals surface area contributed by atoms with E-state index < -0.39 is 11.7 Å². The van der Waals surface area contributed by atoms with Crippen LogP contribution in [0.5, 0.6) is 5.75 Å². The third-order valence-electron chi connectivity index (χ3n) is 2.79. The van der Waals surface area contributed by atoms with Crippen molar-refractivity contribution in [2.24, 2.45) is 0 Å². The van der Waals surface area contributed by atoms with Gasteiger partial charge in [0, 0.05) is 0 Å². The zero-order chi connectivity index (χ0) is 15.4. The summed E-state index contributed by atoms with van der Waals surface area (Å²) in [7, 11) is 0. The number of hydrogen-bond donors (Lipinski definition) is 1. The smallest absolute Gasteiger partial charge is 0.262 e. The number of halogens is 2. The van der Waals surface area contributed by atoms with Crippen LogP contribution in [0.3, 0.4) is 0 Å². The van der Waals surface area contributed by atoms with E-state index in [1.54, 1.807) is 6.07 Å². The molecule has 0 aliphatic heterocycles. The van der Waals surface area contributed by atoms with Crippen LogP contribution >= 0.6 is 11.6 Å². The summed E-state index contributed by atoms with van der Waals surface area (Å²) in [5.74, 6) is -0.497. The summed E-state index contributed by atoms with van der Waals surface area (Å²) in [6, 6.07) is 10.1. The molecule has 0 radical (unpaired) electrons. The second-order valence-corrected chi connectivity index (χ2v) is 5.17. The zero-order valence-electron chi connectivity index (χ0n) is 11.7. The van der Waals surface area contributed by atoms with E-state index in [4.69, 9.17) is 16.3 Å². The lowest BCUT2D eigenvalue weighted by Crippen LogP contribution is -2.20. The molecule has 0 atom stereocenters. The highest BCUT2D eigenvalue weighted by Gasteiger charge is 2.10. The molecular weight excluding hydrogens is 293 g/mol. The van der Waals surface area contributed by atoms with E-state index in [9.17, 15) is 9.18 Å². The molecule has 1 N–H and O–H groups in total. The molecule has 1 amide bonds. The number of benzene rings is 2. The van der Waals surface area contributed by atoms with Crippen LogP contribution in [-0.4, -0.2) is 12.5 Å². The lowest BCUT2D eigenvalue weighted by Gasteiger charge is -2.10. The molecule has 2 aromatic carbocycles. The minimum atomic E-state index is -0.654. The maximum absolute atomic E-state index is 13.6. The van der Waals surface area contributed by atoms with Crippen molar-refractivity contribution in [3.63, 3.8) is 0 Å². The average Bonchev–Trinajstić information content (AvgIpc) is 2.41. The first-order valence-corrected chi connectivity index (χ1v) is 6.78. The number of nitrogens with one attached hydrogen (secondary N) is 1. The summed E-state index contributed by atoms with van der Waals surface area (Å²) < 4.78 is 19.0. The monoisotopic (exact) mass is 307 g/mol. The first kappa shape index (κ1) is 15.3. The van der Waals surface area contributed by atoms with E-state index in [1.807, 2.05) is 32.0 Å². The van der Waals surface area contributed by atoms with Crippen LogP contribution in [0.15, 0.2) is 36.4 Å². The maximum Gasteiger partial charge on any atom is 0.262 e. The summed E-state index contributed by atoms with van der Waals surface area (Å²) >= 11 is 5.65. The summed E-state index contributed by atoms with van der Waals surface area (Å²) in [4.78, 5) is 11.8. The minimum absolute atomic E-state index is 0.0384. The molecule has 0 unspecified atom stereocenters. The van der Waals surface area contributed by atoms with Gasteiger partial charge in [-0.1, -0.05) is 23.7 Å². The van der Waals surface area contributed by atoms with Crippen LogP contribution in [-0.2, 0) is 4.79 Å². The third kappa shape index (κ3) is 4.20. The second kappa shape index (κ2) is 6.59. The Hall–Kier alpha value is -2.07. The third-order valence-corrected chi connectivity index (χ3v) is 3.08. The van der Waals surface area contributed by atoms with Crippen LogP contribution in [0.4, 0.5) is 10.1 Å². The molecule has 0 saturated heterocycles. The van der Waals surface area contributed by atoms with Gasteiger partial charge in [-0.3, -0.25) is 4.79 Å². The highest BCUT2D eigenvalue weighted by Crippen LogP contribution is 2.22. The number of ether oxygens (including phenoxy) is 1. The molecule has 0 saturated carbocycles. The molecular formula is C16H15ClFNO2. The van der Waals surface area contributed by atoms with Crippen LogP contribution in [0.2, 0.25) is 5.02 Å². The summed E-state index contributed by atoms with van der Waals surface area (Å²) in [5.41, 5.74) is 2.13. The molecule has 110 valence electrons. The first-order valence-electron chi connectivity index (χ1n) is 6.40. The van der Waals surface area contributed by atoms with Crippen molar-refractivity contribution < 1.29 is 13.9 Å². The molecule has 21 heavy (non-hydrogen) atoms. The predicted octanol–water partition coefficient (Wildman–Crippen LogP) is 4.11. The van der Waals surface area contributed by atoms with Gasteiger partial charge >= 0.3 is 0 Å². The maximum atomic E-state index is 13.6. The highest BCUT2D eigenvalue weighted by molar-refractivity contribution is 6.31. The number of carbonyl (C=O) groups is 1. The van der Waals surface area contributed by atoms with Crippen LogP contribution in [0.1, 0.15) is 11.1 Å². The normalized spacial score (nSPS) is 10.3. The van der Waals surface area contributed by atoms with Crippen molar-refractivity contribution in [1.29, 1.82) is 0 Å². The first-order chi connectivity index (χ1) is 9.95. The van der Waals surface area contributed by atoms with E-state index in [2.05, 4.69) is 5.32 Å². The number of amides is 1. The Morgan fingerprint density at radius 1 is 1.24 bits per heavy atom. The number of anilines is 1. The Kier molecular flexibility index (Phi) is 4.81. The van der Waals surface area contributed by atoms with Gasteiger partial charge in [-0.05, 0) is 49.2 Å². The number of carbonyl (C=O) groups excluding carboxylic acids is 1. The molecule has 5 heteroatoms. The Balaban J connectivity index is 1.97. The summed E-state index contributed by atoms with van der Waals surface area (Å²) in [5, 5.41) is 2.39. The van der Waals surface area contributed by atoms with Crippen molar-refractivity contribution in [1.82, 2.24) is 0 Å². The van der Waals surface area contributed by atoms with E-state index >= 15 is 0 Å². The Bertz CT molecular complexity index is 653. The quantitative estimate of drug-likeness (QED) is 0.923. The van der Waals surface area contributed by atoms with Gasteiger partial charge in [0.2, 0.25) is 0 Å². The fourth-order valence-electron chi connectivity index (χ4n) is 1.95. The molecule has 0 fully saturated rings. The van der Waals surface area contributed by atoms with Gasteiger partial charge in [0.05, 0.1) is 10.7 Å². The van der Waals surface area contributed by atoms with E-state index in [0.717, 1.165) is 11.1 Å². The molecule has 2 rings (SSSR count).